The maximum absolute atomic E-state index is 13.1. The zero-order valence-corrected chi connectivity index (χ0v) is 20.2. The van der Waals surface area contributed by atoms with Gasteiger partial charge in [-0.15, -0.1) is 0 Å². The molecule has 0 saturated heterocycles. The summed E-state index contributed by atoms with van der Waals surface area (Å²) in [5.74, 6) is 1.11. The first-order valence-corrected chi connectivity index (χ1v) is 13.5. The van der Waals surface area contributed by atoms with E-state index in [-0.39, 0.29) is 11.7 Å². The molecule has 31 heavy (non-hydrogen) atoms. The van der Waals surface area contributed by atoms with Crippen molar-refractivity contribution in [2.75, 3.05) is 0 Å². The summed E-state index contributed by atoms with van der Waals surface area (Å²) in [7, 11) is 0. The van der Waals surface area contributed by atoms with E-state index in [9.17, 15) is 9.18 Å². The maximum atomic E-state index is 13.1. The van der Waals surface area contributed by atoms with Crippen molar-refractivity contribution in [3.8, 4) is 0 Å². The molecule has 0 unspecified atom stereocenters. The van der Waals surface area contributed by atoms with Gasteiger partial charge in [0.25, 0.3) is 0 Å². The molecular formula is C29H47FO. The van der Waals surface area contributed by atoms with Crippen molar-refractivity contribution in [1.29, 1.82) is 0 Å². The van der Waals surface area contributed by atoms with Crippen molar-refractivity contribution < 1.29 is 9.18 Å². The van der Waals surface area contributed by atoms with Crippen LogP contribution in [0.4, 0.5) is 4.39 Å². The van der Waals surface area contributed by atoms with Gasteiger partial charge in [-0.2, -0.15) is 0 Å². The van der Waals surface area contributed by atoms with Gasteiger partial charge in [0.05, 0.1) is 0 Å². The van der Waals surface area contributed by atoms with Gasteiger partial charge in [0.1, 0.15) is 11.6 Å². The molecule has 1 nitrogen and oxygen atoms in total. The van der Waals surface area contributed by atoms with Gasteiger partial charge in [-0.05, 0) is 55.7 Å². The number of hydrogen-bond acceptors (Lipinski definition) is 1. The number of hydrogen-bond donors (Lipinski definition) is 0. The Labute approximate surface area is 191 Å². The Bertz CT molecular complexity index is 571. The Morgan fingerprint density at radius 1 is 0.710 bits per heavy atom. The highest BCUT2D eigenvalue weighted by atomic mass is 19.1. The minimum atomic E-state index is -0.166. The first-order chi connectivity index (χ1) is 15.2. The van der Waals surface area contributed by atoms with Crippen LogP contribution in [0.25, 0.3) is 0 Å². The smallest absolute Gasteiger partial charge is 0.135 e. The lowest BCUT2D eigenvalue weighted by Gasteiger charge is -2.28. The predicted octanol–water partition coefficient (Wildman–Crippen LogP) is 9.54. The molecule has 1 aromatic rings. The van der Waals surface area contributed by atoms with Gasteiger partial charge in [0, 0.05) is 12.3 Å². The molecule has 1 aliphatic rings. The van der Waals surface area contributed by atoms with Crippen LogP contribution >= 0.6 is 0 Å². The molecule has 1 saturated carbocycles. The van der Waals surface area contributed by atoms with E-state index in [2.05, 4.69) is 6.92 Å². The van der Waals surface area contributed by atoms with Crippen LogP contribution < -0.4 is 0 Å². The van der Waals surface area contributed by atoms with Crippen LogP contribution in [0.3, 0.4) is 0 Å². The first kappa shape index (κ1) is 26.1. The molecule has 1 aromatic carbocycles. The van der Waals surface area contributed by atoms with Crippen LogP contribution in [0, 0.1) is 11.7 Å². The summed E-state index contributed by atoms with van der Waals surface area (Å²) in [6.45, 7) is 2.28. The number of halogens is 1. The third-order valence-corrected chi connectivity index (χ3v) is 7.30. The molecule has 0 spiro atoms. The molecule has 0 bridgehead atoms. The molecule has 0 atom stereocenters. The third-order valence-electron chi connectivity index (χ3n) is 7.30. The van der Waals surface area contributed by atoms with Crippen LogP contribution in [0.5, 0.6) is 0 Å². The maximum Gasteiger partial charge on any atom is 0.135 e. The highest BCUT2D eigenvalue weighted by molar-refractivity contribution is 5.81. The fourth-order valence-electron chi connectivity index (χ4n) is 5.18. The first-order valence-electron chi connectivity index (χ1n) is 13.5. The number of rotatable bonds is 17. The van der Waals surface area contributed by atoms with Crippen molar-refractivity contribution in [1.82, 2.24) is 0 Å². The van der Waals surface area contributed by atoms with Crippen LogP contribution in [-0.2, 0) is 4.79 Å². The average Bonchev–Trinajstić information content (AvgIpc) is 2.80. The standard InChI is InChI=1S/C29H47FO/c1-2-3-4-5-6-7-8-9-10-11-12-13-14-15-16-29(31)27-19-17-25(18-20-27)26-21-23-28(30)24-22-26/h21-25,27H,2-20H2,1H3. The van der Waals surface area contributed by atoms with E-state index in [0.717, 1.165) is 38.5 Å². The molecule has 1 fully saturated rings. The van der Waals surface area contributed by atoms with E-state index < -0.39 is 0 Å². The van der Waals surface area contributed by atoms with E-state index in [4.69, 9.17) is 0 Å². The number of Topliss-reactive ketones (excluding diaryl/α,β-unsaturated/α-hetero) is 1. The summed E-state index contributed by atoms with van der Waals surface area (Å²) in [5, 5.41) is 0. The Hall–Kier alpha value is -1.18. The Balaban J connectivity index is 1.40. The van der Waals surface area contributed by atoms with Gasteiger partial charge in [-0.1, -0.05) is 103 Å². The molecule has 0 aromatic heterocycles. The topological polar surface area (TPSA) is 17.1 Å². The summed E-state index contributed by atoms with van der Waals surface area (Å²) >= 11 is 0. The fraction of sp³-hybridized carbons (Fsp3) is 0.759. The molecular weight excluding hydrogens is 383 g/mol. The lowest BCUT2D eigenvalue weighted by molar-refractivity contribution is -0.124. The number of ketones is 1. The summed E-state index contributed by atoms with van der Waals surface area (Å²) in [4.78, 5) is 12.6. The zero-order chi connectivity index (χ0) is 22.2. The fourth-order valence-corrected chi connectivity index (χ4v) is 5.18. The van der Waals surface area contributed by atoms with Crippen molar-refractivity contribution >= 4 is 5.78 Å². The monoisotopic (exact) mass is 430 g/mol. The molecule has 1 aliphatic carbocycles. The third kappa shape index (κ3) is 11.3. The Morgan fingerprint density at radius 3 is 1.65 bits per heavy atom. The molecule has 176 valence electrons. The summed E-state index contributed by atoms with van der Waals surface area (Å²) in [5.41, 5.74) is 1.24. The van der Waals surface area contributed by atoms with Gasteiger partial charge < -0.3 is 0 Å². The minimum absolute atomic E-state index is 0.166. The van der Waals surface area contributed by atoms with Crippen LogP contribution in [0.1, 0.15) is 140 Å². The molecule has 2 heteroatoms. The SMILES string of the molecule is CCCCCCCCCCCCCCCCC(=O)C1CCC(c2ccc(F)cc2)CC1. The average molecular weight is 431 g/mol. The van der Waals surface area contributed by atoms with Crippen molar-refractivity contribution in [3.63, 3.8) is 0 Å². The van der Waals surface area contributed by atoms with Crippen LogP contribution in [0.2, 0.25) is 0 Å². The van der Waals surface area contributed by atoms with Crippen molar-refractivity contribution in [3.05, 3.63) is 35.6 Å². The lowest BCUT2D eigenvalue weighted by atomic mass is 9.76. The summed E-state index contributed by atoms with van der Waals surface area (Å²) in [6.07, 6.45) is 23.9. The second kappa shape index (κ2) is 16.5. The van der Waals surface area contributed by atoms with Gasteiger partial charge >= 0.3 is 0 Å². The van der Waals surface area contributed by atoms with Crippen molar-refractivity contribution in [2.24, 2.45) is 5.92 Å². The molecule has 0 amide bonds. The van der Waals surface area contributed by atoms with Crippen molar-refractivity contribution in [2.45, 2.75) is 135 Å². The van der Waals surface area contributed by atoms with E-state index in [0.29, 0.717) is 11.7 Å². The lowest BCUT2D eigenvalue weighted by Crippen LogP contribution is -2.21. The highest BCUT2D eigenvalue weighted by Crippen LogP contribution is 2.36. The number of carbonyl (C=O) groups is 1. The second-order valence-electron chi connectivity index (χ2n) is 9.91. The Kier molecular flexibility index (Phi) is 13.8. The summed E-state index contributed by atoms with van der Waals surface area (Å²) < 4.78 is 13.1. The van der Waals surface area contributed by atoms with Crippen LogP contribution in [-0.4, -0.2) is 5.78 Å². The van der Waals surface area contributed by atoms with Gasteiger partial charge in [0.15, 0.2) is 0 Å². The molecule has 2 rings (SSSR count). The minimum Gasteiger partial charge on any atom is -0.299 e. The quantitative estimate of drug-likeness (QED) is 0.225. The van der Waals surface area contributed by atoms with Gasteiger partial charge in [0.2, 0.25) is 0 Å². The molecule has 0 heterocycles. The zero-order valence-electron chi connectivity index (χ0n) is 20.2. The van der Waals surface area contributed by atoms with E-state index in [1.807, 2.05) is 12.1 Å². The number of benzene rings is 1. The molecule has 0 aliphatic heterocycles. The van der Waals surface area contributed by atoms with E-state index in [1.54, 1.807) is 12.1 Å². The number of carbonyl (C=O) groups excluding carboxylic acids is 1. The Morgan fingerprint density at radius 2 is 1.16 bits per heavy atom. The normalized spacial score (nSPS) is 18.9. The predicted molar refractivity (Wildman–Crippen MR) is 131 cm³/mol. The highest BCUT2D eigenvalue weighted by Gasteiger charge is 2.26. The van der Waals surface area contributed by atoms with E-state index >= 15 is 0 Å². The van der Waals surface area contributed by atoms with Crippen LogP contribution in [0.15, 0.2) is 24.3 Å². The summed E-state index contributed by atoms with van der Waals surface area (Å²) in [6, 6.07) is 6.94. The van der Waals surface area contributed by atoms with Gasteiger partial charge in [-0.25, -0.2) is 4.39 Å². The second-order valence-corrected chi connectivity index (χ2v) is 9.91. The van der Waals surface area contributed by atoms with Gasteiger partial charge in [-0.3, -0.25) is 4.79 Å². The molecule has 0 N–H and O–H groups in total. The largest absolute Gasteiger partial charge is 0.299 e. The number of unbranched alkanes of at least 4 members (excludes halogenated alkanes) is 13. The molecule has 0 radical (unpaired) electrons. The van der Waals surface area contributed by atoms with E-state index in [1.165, 1.54) is 89.0 Å².